The molecule has 0 bridgehead atoms. The Balaban J connectivity index is 1.76. The SMILES string of the molecule is Cc1cc(S(=O)(=O)C(C2CCCNC2)N2CCc3ccccc3C2)c(C)cc1Cl. The van der Waals surface area contributed by atoms with Gasteiger partial charge in [-0.25, -0.2) is 8.42 Å². The third-order valence-electron chi connectivity index (χ3n) is 6.34. The van der Waals surface area contributed by atoms with Crippen molar-refractivity contribution in [1.82, 2.24) is 10.2 Å². The number of fused-ring (bicyclic) bond motifs is 1. The molecular formula is C23H29ClN2O2S. The molecule has 2 atom stereocenters. The molecule has 1 saturated heterocycles. The molecular weight excluding hydrogens is 404 g/mol. The topological polar surface area (TPSA) is 49.4 Å². The number of nitrogens with zero attached hydrogens (tertiary/aromatic N) is 1. The number of aryl methyl sites for hydroxylation is 2. The summed E-state index contributed by atoms with van der Waals surface area (Å²) in [5.41, 5.74) is 4.11. The van der Waals surface area contributed by atoms with Gasteiger partial charge in [-0.2, -0.15) is 0 Å². The minimum atomic E-state index is -3.55. The first-order valence-corrected chi connectivity index (χ1v) is 12.3. The molecule has 2 aromatic carbocycles. The first kappa shape index (κ1) is 20.9. The maximum atomic E-state index is 14.0. The Bertz CT molecular complexity index is 1000. The molecule has 0 spiro atoms. The summed E-state index contributed by atoms with van der Waals surface area (Å²) in [6.07, 6.45) is 2.83. The van der Waals surface area contributed by atoms with E-state index in [4.69, 9.17) is 11.6 Å². The second-order valence-corrected chi connectivity index (χ2v) is 10.8. The first-order chi connectivity index (χ1) is 13.9. The molecule has 0 aromatic heterocycles. The predicted molar refractivity (Wildman–Crippen MR) is 118 cm³/mol. The highest BCUT2D eigenvalue weighted by Crippen LogP contribution is 2.35. The van der Waals surface area contributed by atoms with E-state index in [1.807, 2.05) is 19.9 Å². The molecule has 2 heterocycles. The van der Waals surface area contributed by atoms with E-state index in [9.17, 15) is 8.42 Å². The molecule has 1 fully saturated rings. The van der Waals surface area contributed by atoms with Crippen LogP contribution in [0, 0.1) is 19.8 Å². The number of nitrogens with one attached hydrogen (secondary N) is 1. The van der Waals surface area contributed by atoms with E-state index in [0.717, 1.165) is 50.0 Å². The molecule has 2 aliphatic heterocycles. The van der Waals surface area contributed by atoms with E-state index in [-0.39, 0.29) is 5.92 Å². The lowest BCUT2D eigenvalue weighted by atomic mass is 9.95. The van der Waals surface area contributed by atoms with Gasteiger partial charge in [-0.3, -0.25) is 4.90 Å². The van der Waals surface area contributed by atoms with E-state index in [1.54, 1.807) is 12.1 Å². The Labute approximate surface area is 179 Å². The van der Waals surface area contributed by atoms with E-state index >= 15 is 0 Å². The van der Waals surface area contributed by atoms with Crippen molar-refractivity contribution >= 4 is 21.4 Å². The molecule has 0 saturated carbocycles. The fourth-order valence-electron chi connectivity index (χ4n) is 4.80. The molecule has 1 N–H and O–H groups in total. The zero-order valence-corrected chi connectivity index (χ0v) is 18.7. The van der Waals surface area contributed by atoms with Crippen LogP contribution in [-0.4, -0.2) is 38.3 Å². The minimum absolute atomic E-state index is 0.0781. The first-order valence-electron chi connectivity index (χ1n) is 10.4. The number of rotatable bonds is 4. The summed E-state index contributed by atoms with van der Waals surface area (Å²) < 4.78 is 28.0. The quantitative estimate of drug-likeness (QED) is 0.789. The van der Waals surface area contributed by atoms with Gasteiger partial charge in [-0.05, 0) is 74.0 Å². The average molecular weight is 433 g/mol. The third-order valence-corrected chi connectivity index (χ3v) is 9.12. The van der Waals surface area contributed by atoms with Crippen LogP contribution in [0.25, 0.3) is 0 Å². The molecule has 2 aliphatic rings. The summed E-state index contributed by atoms with van der Waals surface area (Å²) in [6.45, 7) is 6.87. The summed E-state index contributed by atoms with van der Waals surface area (Å²) in [5.74, 6) is 0.0781. The number of sulfone groups is 1. The monoisotopic (exact) mass is 432 g/mol. The molecule has 4 nitrogen and oxygen atoms in total. The van der Waals surface area contributed by atoms with Crippen molar-refractivity contribution in [3.05, 3.63) is 63.7 Å². The highest BCUT2D eigenvalue weighted by molar-refractivity contribution is 7.92. The average Bonchev–Trinajstić information content (AvgIpc) is 2.71. The van der Waals surface area contributed by atoms with E-state index in [0.29, 0.717) is 16.5 Å². The van der Waals surface area contributed by atoms with Gasteiger partial charge in [-0.15, -0.1) is 0 Å². The van der Waals surface area contributed by atoms with Gasteiger partial charge in [0.05, 0.1) is 4.90 Å². The van der Waals surface area contributed by atoms with Crippen LogP contribution in [0.4, 0.5) is 0 Å². The van der Waals surface area contributed by atoms with Gasteiger partial charge >= 0.3 is 0 Å². The van der Waals surface area contributed by atoms with Crippen LogP contribution in [0.3, 0.4) is 0 Å². The third kappa shape index (κ3) is 4.11. The predicted octanol–water partition coefficient (Wildman–Crippen LogP) is 4.11. The van der Waals surface area contributed by atoms with Crippen molar-refractivity contribution in [2.45, 2.75) is 49.9 Å². The maximum Gasteiger partial charge on any atom is 0.195 e. The molecule has 29 heavy (non-hydrogen) atoms. The van der Waals surface area contributed by atoms with Crippen LogP contribution in [-0.2, 0) is 22.8 Å². The van der Waals surface area contributed by atoms with E-state index in [2.05, 4.69) is 28.4 Å². The van der Waals surface area contributed by atoms with E-state index < -0.39 is 15.2 Å². The van der Waals surface area contributed by atoms with Crippen LogP contribution in [0.1, 0.15) is 35.1 Å². The number of hydrogen-bond donors (Lipinski definition) is 1. The van der Waals surface area contributed by atoms with Crippen LogP contribution in [0.2, 0.25) is 5.02 Å². The van der Waals surface area contributed by atoms with Gasteiger partial charge < -0.3 is 5.32 Å². The number of piperidine rings is 1. The van der Waals surface area contributed by atoms with Crippen molar-refractivity contribution in [3.8, 4) is 0 Å². The van der Waals surface area contributed by atoms with Gasteiger partial charge in [0.25, 0.3) is 0 Å². The van der Waals surface area contributed by atoms with Crippen LogP contribution in [0.5, 0.6) is 0 Å². The largest absolute Gasteiger partial charge is 0.316 e. The second-order valence-electron chi connectivity index (χ2n) is 8.40. The lowest BCUT2D eigenvalue weighted by molar-refractivity contribution is 0.162. The van der Waals surface area contributed by atoms with Gasteiger partial charge in [0.2, 0.25) is 0 Å². The Morgan fingerprint density at radius 1 is 1.14 bits per heavy atom. The fraction of sp³-hybridized carbons (Fsp3) is 0.478. The lowest BCUT2D eigenvalue weighted by Crippen LogP contribution is -2.52. The Morgan fingerprint density at radius 3 is 2.62 bits per heavy atom. The standard InChI is InChI=1S/C23H29ClN2O2S/c1-16-13-22(17(2)12-21(16)24)29(27,28)23(19-8-5-10-25-14-19)26-11-9-18-6-3-4-7-20(18)15-26/h3-4,6-7,12-13,19,23,25H,5,8-11,14-15H2,1-2H3. The highest BCUT2D eigenvalue weighted by atomic mass is 35.5. The van der Waals surface area contributed by atoms with E-state index in [1.165, 1.54) is 11.1 Å². The summed E-state index contributed by atoms with van der Waals surface area (Å²) in [6, 6.07) is 11.9. The van der Waals surface area contributed by atoms with Gasteiger partial charge in [-0.1, -0.05) is 35.9 Å². The van der Waals surface area contributed by atoms with Crippen LogP contribution in [0.15, 0.2) is 41.3 Å². The molecule has 6 heteroatoms. The van der Waals surface area contributed by atoms with Crippen LogP contribution < -0.4 is 5.32 Å². The summed E-state index contributed by atoms with van der Waals surface area (Å²) in [4.78, 5) is 2.62. The number of hydrogen-bond acceptors (Lipinski definition) is 4. The van der Waals surface area contributed by atoms with Crippen molar-refractivity contribution in [1.29, 1.82) is 0 Å². The van der Waals surface area contributed by atoms with Crippen molar-refractivity contribution < 1.29 is 8.42 Å². The van der Waals surface area contributed by atoms with Gasteiger partial charge in [0.1, 0.15) is 5.37 Å². The zero-order valence-electron chi connectivity index (χ0n) is 17.1. The summed E-state index contributed by atoms with van der Waals surface area (Å²) in [5, 5.41) is 3.51. The molecule has 2 aromatic rings. The zero-order chi connectivity index (χ0) is 20.6. The normalized spacial score (nSPS) is 21.6. The van der Waals surface area contributed by atoms with Crippen LogP contribution >= 0.6 is 11.6 Å². The maximum absolute atomic E-state index is 14.0. The summed E-state index contributed by atoms with van der Waals surface area (Å²) in [7, 11) is -3.55. The molecule has 156 valence electrons. The number of halogens is 1. The van der Waals surface area contributed by atoms with Crippen molar-refractivity contribution in [2.75, 3.05) is 19.6 Å². The Hall–Kier alpha value is -1.40. The summed E-state index contributed by atoms with van der Waals surface area (Å²) >= 11 is 6.25. The molecule has 2 unspecified atom stereocenters. The van der Waals surface area contributed by atoms with Crippen molar-refractivity contribution in [3.63, 3.8) is 0 Å². The van der Waals surface area contributed by atoms with Crippen molar-refractivity contribution in [2.24, 2.45) is 5.92 Å². The molecule has 0 amide bonds. The molecule has 4 rings (SSSR count). The smallest absolute Gasteiger partial charge is 0.195 e. The lowest BCUT2D eigenvalue weighted by Gasteiger charge is -2.41. The fourth-order valence-corrected chi connectivity index (χ4v) is 7.43. The minimum Gasteiger partial charge on any atom is -0.316 e. The number of benzene rings is 2. The second kappa shape index (κ2) is 8.38. The Kier molecular flexibility index (Phi) is 6.03. The van der Waals surface area contributed by atoms with Gasteiger partial charge in [0.15, 0.2) is 9.84 Å². The van der Waals surface area contributed by atoms with Gasteiger partial charge in [0, 0.05) is 30.6 Å². The molecule has 0 radical (unpaired) electrons. The molecule has 0 aliphatic carbocycles. The highest BCUT2D eigenvalue weighted by Gasteiger charge is 2.41. The Morgan fingerprint density at radius 2 is 1.90 bits per heavy atom.